The summed E-state index contributed by atoms with van der Waals surface area (Å²) in [4.78, 5) is 0. The summed E-state index contributed by atoms with van der Waals surface area (Å²) in [5, 5.41) is 2.85. The molecular formula is C11H25NO3S. The van der Waals surface area contributed by atoms with Crippen molar-refractivity contribution in [2.45, 2.75) is 38.4 Å². The second kappa shape index (κ2) is 8.96. The van der Waals surface area contributed by atoms with Gasteiger partial charge in [0.1, 0.15) is 0 Å². The minimum absolute atomic E-state index is 0.290. The Labute approximate surface area is 99.7 Å². The zero-order chi connectivity index (χ0) is 12.4. The zero-order valence-electron chi connectivity index (χ0n) is 10.7. The number of nitrogens with one attached hydrogen (secondary N) is 1. The van der Waals surface area contributed by atoms with Gasteiger partial charge in [-0.25, -0.2) is 8.42 Å². The molecule has 0 radical (unpaired) electrons. The first kappa shape index (κ1) is 15.9. The van der Waals surface area contributed by atoms with Crippen molar-refractivity contribution in [2.24, 2.45) is 0 Å². The maximum absolute atomic E-state index is 11.7. The van der Waals surface area contributed by atoms with Gasteiger partial charge in [-0.1, -0.05) is 13.3 Å². The summed E-state index contributed by atoms with van der Waals surface area (Å²) < 4.78 is 28.4. The fourth-order valence-corrected chi connectivity index (χ4v) is 2.79. The normalized spacial score (nSPS) is 13.9. The topological polar surface area (TPSA) is 55.4 Å². The van der Waals surface area contributed by atoms with Gasteiger partial charge in [-0.15, -0.1) is 0 Å². The first-order valence-electron chi connectivity index (χ1n) is 5.95. The molecule has 0 heterocycles. The molecule has 16 heavy (non-hydrogen) atoms. The Morgan fingerprint density at radius 3 is 2.56 bits per heavy atom. The number of methoxy groups -OCH3 is 1. The van der Waals surface area contributed by atoms with Crippen molar-refractivity contribution in [3.8, 4) is 0 Å². The highest BCUT2D eigenvalue weighted by atomic mass is 32.2. The Morgan fingerprint density at radius 2 is 2.00 bits per heavy atom. The van der Waals surface area contributed by atoms with Crippen LogP contribution in [0.4, 0.5) is 0 Å². The largest absolute Gasteiger partial charge is 0.385 e. The molecule has 0 aliphatic carbocycles. The molecule has 4 nitrogen and oxygen atoms in total. The average Bonchev–Trinajstić information content (AvgIpc) is 2.26. The first-order chi connectivity index (χ1) is 7.54. The van der Waals surface area contributed by atoms with Gasteiger partial charge in [0.25, 0.3) is 0 Å². The van der Waals surface area contributed by atoms with Gasteiger partial charge >= 0.3 is 0 Å². The van der Waals surface area contributed by atoms with Gasteiger partial charge < -0.3 is 10.1 Å². The second-order valence-electron chi connectivity index (χ2n) is 4.08. The SMILES string of the molecule is CCCCS(=O)(=O)C(C)CNCCCOC. The summed E-state index contributed by atoms with van der Waals surface area (Å²) in [6.07, 6.45) is 2.60. The molecule has 1 N–H and O–H groups in total. The van der Waals surface area contributed by atoms with Crippen LogP contribution in [0.5, 0.6) is 0 Å². The third-order valence-electron chi connectivity index (χ3n) is 2.53. The highest BCUT2D eigenvalue weighted by molar-refractivity contribution is 7.92. The molecule has 1 unspecified atom stereocenters. The molecule has 5 heteroatoms. The molecule has 0 aromatic carbocycles. The molecule has 0 fully saturated rings. The lowest BCUT2D eigenvalue weighted by Gasteiger charge is -2.13. The van der Waals surface area contributed by atoms with E-state index >= 15 is 0 Å². The summed E-state index contributed by atoms with van der Waals surface area (Å²) in [7, 11) is -1.24. The molecule has 0 bridgehead atoms. The van der Waals surface area contributed by atoms with Gasteiger partial charge in [-0.05, 0) is 26.3 Å². The molecule has 98 valence electrons. The molecule has 0 aliphatic rings. The lowest BCUT2D eigenvalue weighted by molar-refractivity contribution is 0.194. The fourth-order valence-electron chi connectivity index (χ4n) is 1.32. The zero-order valence-corrected chi connectivity index (χ0v) is 11.5. The van der Waals surface area contributed by atoms with E-state index in [4.69, 9.17) is 4.74 Å². The van der Waals surface area contributed by atoms with Crippen LogP contribution < -0.4 is 5.32 Å². The molecule has 0 aliphatic heterocycles. The van der Waals surface area contributed by atoms with Gasteiger partial charge in [0, 0.05) is 20.3 Å². The Balaban J connectivity index is 3.73. The average molecular weight is 251 g/mol. The maximum Gasteiger partial charge on any atom is 0.154 e. The van der Waals surface area contributed by atoms with E-state index < -0.39 is 9.84 Å². The lowest BCUT2D eigenvalue weighted by Crippen LogP contribution is -2.33. The predicted molar refractivity (Wildman–Crippen MR) is 67.5 cm³/mol. The van der Waals surface area contributed by atoms with Gasteiger partial charge in [-0.2, -0.15) is 0 Å². The molecular weight excluding hydrogens is 226 g/mol. The number of unbranched alkanes of at least 4 members (excludes halogenated alkanes) is 1. The van der Waals surface area contributed by atoms with Crippen LogP contribution in [0.2, 0.25) is 0 Å². The Kier molecular flexibility index (Phi) is 8.89. The molecule has 1 atom stereocenters. The van der Waals surface area contributed by atoms with Crippen LogP contribution in [0.3, 0.4) is 0 Å². The molecule has 0 saturated carbocycles. The van der Waals surface area contributed by atoms with E-state index in [1.807, 2.05) is 6.92 Å². The highest BCUT2D eigenvalue weighted by Crippen LogP contribution is 2.04. The molecule has 0 aromatic heterocycles. The van der Waals surface area contributed by atoms with E-state index in [2.05, 4.69) is 5.32 Å². The molecule has 0 spiro atoms. The van der Waals surface area contributed by atoms with Crippen LogP contribution in [0.15, 0.2) is 0 Å². The van der Waals surface area contributed by atoms with Crippen molar-refractivity contribution >= 4 is 9.84 Å². The fraction of sp³-hybridized carbons (Fsp3) is 1.00. The van der Waals surface area contributed by atoms with Gasteiger partial charge in [0.05, 0.1) is 11.0 Å². The van der Waals surface area contributed by atoms with E-state index in [0.29, 0.717) is 18.9 Å². The van der Waals surface area contributed by atoms with Gasteiger partial charge in [-0.3, -0.25) is 0 Å². The van der Waals surface area contributed by atoms with E-state index in [9.17, 15) is 8.42 Å². The van der Waals surface area contributed by atoms with Crippen molar-refractivity contribution in [1.82, 2.24) is 5.32 Å². The van der Waals surface area contributed by atoms with Gasteiger partial charge in [0.15, 0.2) is 9.84 Å². The maximum atomic E-state index is 11.7. The molecule has 0 aromatic rings. The van der Waals surface area contributed by atoms with Crippen molar-refractivity contribution in [2.75, 3.05) is 32.6 Å². The van der Waals surface area contributed by atoms with Crippen LogP contribution in [0.1, 0.15) is 33.1 Å². The number of sulfone groups is 1. The number of rotatable bonds is 10. The Hall–Kier alpha value is -0.130. The molecule has 0 amide bonds. The number of hydrogen-bond acceptors (Lipinski definition) is 4. The summed E-state index contributed by atoms with van der Waals surface area (Å²) in [6.45, 7) is 5.83. The van der Waals surface area contributed by atoms with E-state index in [0.717, 1.165) is 25.8 Å². The smallest absolute Gasteiger partial charge is 0.154 e. The number of ether oxygens (including phenoxy) is 1. The monoisotopic (exact) mass is 251 g/mol. The summed E-state index contributed by atoms with van der Waals surface area (Å²) in [5.74, 6) is 0.310. The van der Waals surface area contributed by atoms with Crippen molar-refractivity contribution in [1.29, 1.82) is 0 Å². The third kappa shape index (κ3) is 7.19. The van der Waals surface area contributed by atoms with Crippen molar-refractivity contribution < 1.29 is 13.2 Å². The minimum atomic E-state index is -2.91. The first-order valence-corrected chi connectivity index (χ1v) is 7.67. The quantitative estimate of drug-likeness (QED) is 0.593. The van der Waals surface area contributed by atoms with E-state index in [-0.39, 0.29) is 5.25 Å². The van der Waals surface area contributed by atoms with Gasteiger partial charge in [0.2, 0.25) is 0 Å². The standard InChI is InChI=1S/C11H25NO3S/c1-4-5-9-16(13,14)11(2)10-12-7-6-8-15-3/h11-12H,4-10H2,1-3H3. The van der Waals surface area contributed by atoms with Crippen LogP contribution >= 0.6 is 0 Å². The number of hydrogen-bond donors (Lipinski definition) is 1. The Morgan fingerprint density at radius 1 is 1.31 bits per heavy atom. The van der Waals surface area contributed by atoms with Crippen LogP contribution in [0, 0.1) is 0 Å². The van der Waals surface area contributed by atoms with Crippen molar-refractivity contribution in [3.63, 3.8) is 0 Å². The molecule has 0 saturated heterocycles. The van der Waals surface area contributed by atoms with E-state index in [1.54, 1.807) is 14.0 Å². The summed E-state index contributed by atoms with van der Waals surface area (Å²) in [6, 6.07) is 0. The minimum Gasteiger partial charge on any atom is -0.385 e. The second-order valence-corrected chi connectivity index (χ2v) is 6.62. The highest BCUT2D eigenvalue weighted by Gasteiger charge is 2.19. The lowest BCUT2D eigenvalue weighted by atomic mass is 10.4. The third-order valence-corrected chi connectivity index (χ3v) is 4.78. The predicted octanol–water partition coefficient (Wildman–Crippen LogP) is 1.22. The summed E-state index contributed by atoms with van der Waals surface area (Å²) in [5.41, 5.74) is 0. The molecule has 0 rings (SSSR count). The summed E-state index contributed by atoms with van der Waals surface area (Å²) >= 11 is 0. The van der Waals surface area contributed by atoms with Crippen LogP contribution in [0.25, 0.3) is 0 Å². The van der Waals surface area contributed by atoms with Crippen LogP contribution in [-0.4, -0.2) is 46.2 Å². The Bertz CT molecular complexity index is 252. The van der Waals surface area contributed by atoms with E-state index in [1.165, 1.54) is 0 Å². The van der Waals surface area contributed by atoms with Crippen LogP contribution in [-0.2, 0) is 14.6 Å². The van der Waals surface area contributed by atoms with Crippen molar-refractivity contribution in [3.05, 3.63) is 0 Å².